The van der Waals surface area contributed by atoms with Gasteiger partial charge in [0.1, 0.15) is 0 Å². The Bertz CT molecular complexity index is 2960. The summed E-state index contributed by atoms with van der Waals surface area (Å²) in [6.45, 7) is 0. The van der Waals surface area contributed by atoms with Crippen molar-refractivity contribution in [2.24, 2.45) is 0 Å². The van der Waals surface area contributed by atoms with Crippen LogP contribution in [0.3, 0.4) is 0 Å². The standard InChI is InChI=1S/C50H32N4/c1-3-13-33(14-4-1)34-23-27-37(28-24-34)48-52-49(54-50(53-48)42-20-10-9-18-40(42)35-15-5-2-6-16-35)38-29-25-36(26-30-38)44-31-39-17-7-8-19-41(39)45-32-51-46-22-12-11-21-43(46)47(44)45/h1-32H. The number of nitrogens with zero attached hydrogens (tertiary/aromatic N) is 4. The molecule has 4 nitrogen and oxygen atoms in total. The molecule has 54 heavy (non-hydrogen) atoms. The molecule has 2 heterocycles. The minimum atomic E-state index is 0.620. The van der Waals surface area contributed by atoms with Gasteiger partial charge in [-0.2, -0.15) is 0 Å². The van der Waals surface area contributed by atoms with E-state index >= 15 is 0 Å². The van der Waals surface area contributed by atoms with E-state index in [1.807, 2.05) is 30.5 Å². The molecule has 0 aliphatic heterocycles. The molecule has 0 amide bonds. The highest BCUT2D eigenvalue weighted by molar-refractivity contribution is 6.22. The molecule has 0 unspecified atom stereocenters. The van der Waals surface area contributed by atoms with Crippen molar-refractivity contribution in [3.8, 4) is 67.5 Å². The topological polar surface area (TPSA) is 51.6 Å². The van der Waals surface area contributed by atoms with E-state index in [-0.39, 0.29) is 0 Å². The molecule has 0 aliphatic rings. The van der Waals surface area contributed by atoms with Crippen molar-refractivity contribution in [2.75, 3.05) is 0 Å². The highest BCUT2D eigenvalue weighted by atomic mass is 15.0. The summed E-state index contributed by atoms with van der Waals surface area (Å²) in [5, 5.41) is 5.87. The molecule has 0 spiro atoms. The van der Waals surface area contributed by atoms with Crippen LogP contribution in [-0.4, -0.2) is 19.9 Å². The van der Waals surface area contributed by atoms with E-state index in [1.54, 1.807) is 0 Å². The molecule has 0 aliphatic carbocycles. The lowest BCUT2D eigenvalue weighted by molar-refractivity contribution is 1.07. The number of aromatic nitrogens is 4. The third-order valence-electron chi connectivity index (χ3n) is 10.2. The molecule has 4 heteroatoms. The maximum atomic E-state index is 5.15. The fourth-order valence-electron chi connectivity index (χ4n) is 7.50. The zero-order valence-electron chi connectivity index (χ0n) is 29.3. The Kier molecular flexibility index (Phi) is 7.77. The quantitative estimate of drug-likeness (QED) is 0.163. The van der Waals surface area contributed by atoms with Gasteiger partial charge in [-0.15, -0.1) is 0 Å². The first-order chi connectivity index (χ1) is 26.8. The molecule has 10 aromatic rings. The summed E-state index contributed by atoms with van der Waals surface area (Å²) in [5.41, 5.74) is 10.6. The Labute approximate surface area is 313 Å². The number of benzene rings is 8. The summed E-state index contributed by atoms with van der Waals surface area (Å²) in [4.78, 5) is 20.2. The van der Waals surface area contributed by atoms with Crippen LogP contribution in [0.4, 0.5) is 0 Å². The van der Waals surface area contributed by atoms with Crippen LogP contribution in [0.15, 0.2) is 194 Å². The monoisotopic (exact) mass is 688 g/mol. The fourth-order valence-corrected chi connectivity index (χ4v) is 7.50. The molecular weight excluding hydrogens is 657 g/mol. The summed E-state index contributed by atoms with van der Waals surface area (Å²) >= 11 is 0. The van der Waals surface area contributed by atoms with Crippen molar-refractivity contribution in [1.82, 2.24) is 19.9 Å². The molecule has 0 saturated heterocycles. The van der Waals surface area contributed by atoms with Crippen molar-refractivity contribution < 1.29 is 0 Å². The predicted molar refractivity (Wildman–Crippen MR) is 223 cm³/mol. The summed E-state index contributed by atoms with van der Waals surface area (Å²) < 4.78 is 0. The number of pyridine rings is 1. The first kappa shape index (κ1) is 31.4. The Morgan fingerprint density at radius 2 is 0.778 bits per heavy atom. The van der Waals surface area contributed by atoms with Gasteiger partial charge in [0.25, 0.3) is 0 Å². The first-order valence-corrected chi connectivity index (χ1v) is 18.1. The zero-order valence-corrected chi connectivity index (χ0v) is 29.3. The second-order valence-electron chi connectivity index (χ2n) is 13.4. The molecule has 10 rings (SSSR count). The van der Waals surface area contributed by atoms with Crippen molar-refractivity contribution in [1.29, 1.82) is 0 Å². The van der Waals surface area contributed by atoms with Gasteiger partial charge in [0, 0.05) is 39.0 Å². The molecule has 0 atom stereocenters. The third kappa shape index (κ3) is 5.67. The normalized spacial score (nSPS) is 11.3. The number of para-hydroxylation sites is 1. The van der Waals surface area contributed by atoms with Gasteiger partial charge in [-0.1, -0.05) is 176 Å². The Morgan fingerprint density at radius 3 is 1.48 bits per heavy atom. The van der Waals surface area contributed by atoms with E-state index in [9.17, 15) is 0 Å². The number of fused-ring (bicyclic) bond motifs is 5. The van der Waals surface area contributed by atoms with Crippen LogP contribution in [-0.2, 0) is 0 Å². The molecule has 252 valence electrons. The van der Waals surface area contributed by atoms with Crippen molar-refractivity contribution in [2.45, 2.75) is 0 Å². The van der Waals surface area contributed by atoms with Crippen LogP contribution >= 0.6 is 0 Å². The molecule has 0 fully saturated rings. The van der Waals surface area contributed by atoms with E-state index in [4.69, 9.17) is 19.9 Å². The van der Waals surface area contributed by atoms with Crippen LogP contribution < -0.4 is 0 Å². The third-order valence-corrected chi connectivity index (χ3v) is 10.2. The van der Waals surface area contributed by atoms with Gasteiger partial charge < -0.3 is 0 Å². The fraction of sp³-hybridized carbons (Fsp3) is 0. The number of hydrogen-bond donors (Lipinski definition) is 0. The SMILES string of the molecule is c1ccc(-c2ccc(-c3nc(-c4ccc(-c5cc6ccccc6c6cnc7ccccc7c56)cc4)nc(-c4ccccc4-c4ccccc4)n3)cc2)cc1. The average Bonchev–Trinajstić information content (AvgIpc) is 3.26. The maximum Gasteiger partial charge on any atom is 0.164 e. The van der Waals surface area contributed by atoms with Gasteiger partial charge in [0.05, 0.1) is 5.52 Å². The van der Waals surface area contributed by atoms with Crippen molar-refractivity contribution >= 4 is 32.4 Å². The van der Waals surface area contributed by atoms with E-state index in [1.165, 1.54) is 27.3 Å². The van der Waals surface area contributed by atoms with Crippen molar-refractivity contribution in [3.05, 3.63) is 194 Å². The Hall–Kier alpha value is -7.30. The lowest BCUT2D eigenvalue weighted by Gasteiger charge is -2.14. The van der Waals surface area contributed by atoms with Gasteiger partial charge in [-0.3, -0.25) is 4.98 Å². The largest absolute Gasteiger partial charge is 0.256 e. The van der Waals surface area contributed by atoms with Crippen LogP contribution in [0.25, 0.3) is 100.0 Å². The molecule has 2 aromatic heterocycles. The molecule has 0 N–H and O–H groups in total. The molecule has 8 aromatic carbocycles. The molecule has 0 radical (unpaired) electrons. The van der Waals surface area contributed by atoms with Crippen LogP contribution in [0.2, 0.25) is 0 Å². The number of hydrogen-bond acceptors (Lipinski definition) is 4. The van der Waals surface area contributed by atoms with Gasteiger partial charge in [-0.25, -0.2) is 15.0 Å². The second-order valence-corrected chi connectivity index (χ2v) is 13.4. The highest BCUT2D eigenvalue weighted by Gasteiger charge is 2.17. The van der Waals surface area contributed by atoms with Crippen LogP contribution in [0, 0.1) is 0 Å². The minimum absolute atomic E-state index is 0.620. The van der Waals surface area contributed by atoms with Crippen LogP contribution in [0.5, 0.6) is 0 Å². The summed E-state index contributed by atoms with van der Waals surface area (Å²) in [6, 6.07) is 65.5. The molecule has 0 bridgehead atoms. The average molecular weight is 689 g/mol. The van der Waals surface area contributed by atoms with Crippen LogP contribution in [0.1, 0.15) is 0 Å². The zero-order chi connectivity index (χ0) is 35.8. The maximum absolute atomic E-state index is 5.15. The number of rotatable bonds is 6. The van der Waals surface area contributed by atoms with Gasteiger partial charge in [0.2, 0.25) is 0 Å². The summed E-state index contributed by atoms with van der Waals surface area (Å²) in [5.74, 6) is 1.88. The predicted octanol–water partition coefficient (Wildman–Crippen LogP) is 12.7. The Morgan fingerprint density at radius 1 is 0.296 bits per heavy atom. The van der Waals surface area contributed by atoms with E-state index in [0.29, 0.717) is 17.5 Å². The van der Waals surface area contributed by atoms with Gasteiger partial charge in [-0.05, 0) is 56.3 Å². The van der Waals surface area contributed by atoms with E-state index < -0.39 is 0 Å². The Balaban J connectivity index is 1.12. The summed E-state index contributed by atoms with van der Waals surface area (Å²) in [7, 11) is 0. The molecular formula is C50H32N4. The second kappa shape index (κ2) is 13.4. The van der Waals surface area contributed by atoms with E-state index in [0.717, 1.165) is 55.2 Å². The van der Waals surface area contributed by atoms with Gasteiger partial charge >= 0.3 is 0 Å². The van der Waals surface area contributed by atoms with Gasteiger partial charge in [0.15, 0.2) is 17.5 Å². The minimum Gasteiger partial charge on any atom is -0.256 e. The first-order valence-electron chi connectivity index (χ1n) is 18.1. The van der Waals surface area contributed by atoms with Crippen molar-refractivity contribution in [3.63, 3.8) is 0 Å². The smallest absolute Gasteiger partial charge is 0.164 e. The lowest BCUT2D eigenvalue weighted by atomic mass is 9.91. The summed E-state index contributed by atoms with van der Waals surface area (Å²) in [6.07, 6.45) is 2.02. The van der Waals surface area contributed by atoms with E-state index in [2.05, 4.69) is 164 Å². The molecule has 0 saturated carbocycles. The lowest BCUT2D eigenvalue weighted by Crippen LogP contribution is -2.01. The highest BCUT2D eigenvalue weighted by Crippen LogP contribution is 2.39.